The van der Waals surface area contributed by atoms with Crippen LogP contribution in [-0.2, 0) is 10.2 Å². The van der Waals surface area contributed by atoms with E-state index in [4.69, 9.17) is 20.9 Å². The Labute approximate surface area is 157 Å². The van der Waals surface area contributed by atoms with E-state index in [2.05, 4.69) is 15.0 Å². The summed E-state index contributed by atoms with van der Waals surface area (Å²) in [4.78, 5) is 20.5. The normalized spacial score (nSPS) is 15.2. The number of carbonyl (C=O) groups is 1. The first-order chi connectivity index (χ1) is 12.3. The van der Waals surface area contributed by atoms with Gasteiger partial charge in [0.15, 0.2) is 12.4 Å². The summed E-state index contributed by atoms with van der Waals surface area (Å²) in [5.74, 6) is 0.460. The minimum Gasteiger partial charge on any atom is -0.439 e. The predicted octanol–water partition coefficient (Wildman–Crippen LogP) is 2.75. The van der Waals surface area contributed by atoms with Crippen molar-refractivity contribution in [1.82, 2.24) is 15.0 Å². The highest BCUT2D eigenvalue weighted by Gasteiger charge is 2.24. The Hall–Kier alpha value is -2.28. The van der Waals surface area contributed by atoms with Gasteiger partial charge in [-0.3, -0.25) is 9.32 Å². The van der Waals surface area contributed by atoms with Crippen LogP contribution in [0.1, 0.15) is 26.6 Å². The Morgan fingerprint density at radius 1 is 1.27 bits per heavy atom. The number of aromatic nitrogens is 2. The maximum atomic E-state index is 12.3. The number of ether oxygens (including phenoxy) is 1. The molecule has 1 aromatic heterocycles. The second-order valence-electron chi connectivity index (χ2n) is 7.27. The summed E-state index contributed by atoms with van der Waals surface area (Å²) in [5.41, 5.74) is 0.840. The van der Waals surface area contributed by atoms with Crippen molar-refractivity contribution in [2.24, 2.45) is 0 Å². The SMILES string of the molecule is CC(C)(C)c1noc(OCC(=O)N2CCN(c3cccc(Cl)c3)CC2)n1. The van der Waals surface area contributed by atoms with Crippen LogP contribution in [0.5, 0.6) is 6.08 Å². The molecule has 7 nitrogen and oxygen atoms in total. The van der Waals surface area contributed by atoms with E-state index >= 15 is 0 Å². The van der Waals surface area contributed by atoms with Crippen LogP contribution in [0.15, 0.2) is 28.8 Å². The summed E-state index contributed by atoms with van der Waals surface area (Å²) >= 11 is 6.04. The second kappa shape index (κ2) is 7.53. The van der Waals surface area contributed by atoms with Crippen molar-refractivity contribution in [3.63, 3.8) is 0 Å². The van der Waals surface area contributed by atoms with E-state index in [-0.39, 0.29) is 24.0 Å². The van der Waals surface area contributed by atoms with Crippen molar-refractivity contribution in [1.29, 1.82) is 0 Å². The van der Waals surface area contributed by atoms with Gasteiger partial charge in [0.25, 0.3) is 5.91 Å². The van der Waals surface area contributed by atoms with Gasteiger partial charge in [-0.25, -0.2) is 0 Å². The van der Waals surface area contributed by atoms with Gasteiger partial charge in [0.2, 0.25) is 0 Å². The number of nitrogens with zero attached hydrogens (tertiary/aromatic N) is 4. The molecule has 0 atom stereocenters. The molecule has 1 fully saturated rings. The van der Waals surface area contributed by atoms with Crippen LogP contribution in [0.4, 0.5) is 5.69 Å². The highest BCUT2D eigenvalue weighted by Crippen LogP contribution is 2.22. The number of benzene rings is 1. The third kappa shape index (κ3) is 4.46. The highest BCUT2D eigenvalue weighted by atomic mass is 35.5. The molecule has 2 heterocycles. The maximum Gasteiger partial charge on any atom is 0.417 e. The zero-order valence-corrected chi connectivity index (χ0v) is 16.0. The lowest BCUT2D eigenvalue weighted by molar-refractivity contribution is -0.134. The molecule has 140 valence electrons. The van der Waals surface area contributed by atoms with Crippen molar-refractivity contribution in [2.75, 3.05) is 37.7 Å². The second-order valence-corrected chi connectivity index (χ2v) is 7.71. The maximum absolute atomic E-state index is 12.3. The minimum absolute atomic E-state index is 0.0286. The van der Waals surface area contributed by atoms with Crippen LogP contribution in [-0.4, -0.2) is 53.7 Å². The van der Waals surface area contributed by atoms with Gasteiger partial charge in [-0.2, -0.15) is 4.98 Å². The molecule has 0 N–H and O–H groups in total. The van der Waals surface area contributed by atoms with Crippen LogP contribution >= 0.6 is 11.6 Å². The summed E-state index contributed by atoms with van der Waals surface area (Å²) in [5, 5.41) is 4.59. The molecule has 1 aliphatic heterocycles. The molecule has 0 aliphatic carbocycles. The topological polar surface area (TPSA) is 71.7 Å². The van der Waals surface area contributed by atoms with Crippen LogP contribution in [0.25, 0.3) is 0 Å². The first-order valence-electron chi connectivity index (χ1n) is 8.58. The average molecular weight is 379 g/mol. The molecule has 1 aliphatic rings. The zero-order chi connectivity index (χ0) is 18.7. The van der Waals surface area contributed by atoms with E-state index in [1.54, 1.807) is 4.90 Å². The van der Waals surface area contributed by atoms with Crippen LogP contribution < -0.4 is 9.64 Å². The number of piperazine rings is 1. The smallest absolute Gasteiger partial charge is 0.417 e. The number of rotatable bonds is 4. The van der Waals surface area contributed by atoms with Crippen LogP contribution in [0.2, 0.25) is 5.02 Å². The molecule has 0 radical (unpaired) electrons. The lowest BCUT2D eigenvalue weighted by Crippen LogP contribution is -2.50. The summed E-state index contributed by atoms with van der Waals surface area (Å²) in [6, 6.07) is 7.74. The summed E-state index contributed by atoms with van der Waals surface area (Å²) < 4.78 is 10.4. The van der Waals surface area contributed by atoms with Gasteiger partial charge in [0, 0.05) is 42.3 Å². The minimum atomic E-state index is -0.230. The van der Waals surface area contributed by atoms with Gasteiger partial charge in [0.05, 0.1) is 0 Å². The highest BCUT2D eigenvalue weighted by molar-refractivity contribution is 6.30. The van der Waals surface area contributed by atoms with Gasteiger partial charge in [0.1, 0.15) is 0 Å². The first-order valence-corrected chi connectivity index (χ1v) is 8.96. The largest absolute Gasteiger partial charge is 0.439 e. The number of hydrogen-bond acceptors (Lipinski definition) is 6. The molecule has 1 amide bonds. The molecule has 1 saturated heterocycles. The fourth-order valence-electron chi connectivity index (χ4n) is 2.67. The third-order valence-electron chi connectivity index (χ3n) is 4.20. The molecule has 2 aromatic rings. The number of halogens is 1. The van der Waals surface area contributed by atoms with Gasteiger partial charge < -0.3 is 14.5 Å². The molecule has 0 unspecified atom stereocenters. The van der Waals surface area contributed by atoms with Crippen molar-refractivity contribution >= 4 is 23.2 Å². The molecule has 1 aromatic carbocycles. The van der Waals surface area contributed by atoms with Crippen molar-refractivity contribution in [2.45, 2.75) is 26.2 Å². The van der Waals surface area contributed by atoms with Crippen molar-refractivity contribution in [3.05, 3.63) is 35.1 Å². The summed E-state index contributed by atoms with van der Waals surface area (Å²) in [7, 11) is 0. The number of hydrogen-bond donors (Lipinski definition) is 0. The Morgan fingerprint density at radius 2 is 2.00 bits per heavy atom. The molecule has 3 rings (SSSR count). The van der Waals surface area contributed by atoms with Crippen LogP contribution in [0.3, 0.4) is 0 Å². The van der Waals surface area contributed by atoms with Crippen molar-refractivity contribution < 1.29 is 14.1 Å². The van der Waals surface area contributed by atoms with E-state index < -0.39 is 0 Å². The van der Waals surface area contributed by atoms with E-state index in [0.717, 1.165) is 18.8 Å². The lowest BCUT2D eigenvalue weighted by Gasteiger charge is -2.36. The fraction of sp³-hybridized carbons (Fsp3) is 0.500. The molecule has 26 heavy (non-hydrogen) atoms. The predicted molar refractivity (Wildman–Crippen MR) is 98.7 cm³/mol. The summed E-state index contributed by atoms with van der Waals surface area (Å²) in [6.07, 6.45) is 0.0286. The van der Waals surface area contributed by atoms with E-state index in [9.17, 15) is 4.79 Å². The molecule has 0 saturated carbocycles. The molecular weight excluding hydrogens is 356 g/mol. The van der Waals surface area contributed by atoms with E-state index in [1.165, 1.54) is 0 Å². The summed E-state index contributed by atoms with van der Waals surface area (Å²) in [6.45, 7) is 8.59. The van der Waals surface area contributed by atoms with Gasteiger partial charge in [-0.05, 0) is 18.2 Å². The van der Waals surface area contributed by atoms with E-state index in [1.807, 2.05) is 45.0 Å². The standard InChI is InChI=1S/C18H23ClN4O3/c1-18(2,3)16-20-17(26-21-16)25-12-15(24)23-9-7-22(8-10-23)14-6-4-5-13(19)11-14/h4-6,11H,7-10,12H2,1-3H3. The first kappa shape index (κ1) is 18.5. The number of carbonyl (C=O) groups excluding carboxylic acids is 1. The zero-order valence-electron chi connectivity index (χ0n) is 15.2. The third-order valence-corrected chi connectivity index (χ3v) is 4.44. The molecular formula is C18H23ClN4O3. The van der Waals surface area contributed by atoms with Crippen molar-refractivity contribution in [3.8, 4) is 6.08 Å². The number of amides is 1. The Bertz CT molecular complexity index is 764. The fourth-order valence-corrected chi connectivity index (χ4v) is 2.86. The monoisotopic (exact) mass is 378 g/mol. The average Bonchev–Trinajstić information content (AvgIpc) is 3.09. The Morgan fingerprint density at radius 3 is 2.62 bits per heavy atom. The van der Waals surface area contributed by atoms with Crippen LogP contribution in [0, 0.1) is 0 Å². The quantitative estimate of drug-likeness (QED) is 0.814. The Balaban J connectivity index is 1.49. The molecule has 0 bridgehead atoms. The molecule has 8 heteroatoms. The van der Waals surface area contributed by atoms with Gasteiger partial charge >= 0.3 is 6.08 Å². The Kier molecular flexibility index (Phi) is 5.36. The molecule has 0 spiro atoms. The van der Waals surface area contributed by atoms with Gasteiger partial charge in [-0.15, -0.1) is 0 Å². The van der Waals surface area contributed by atoms with Gasteiger partial charge in [-0.1, -0.05) is 43.6 Å². The number of anilines is 1. The lowest BCUT2D eigenvalue weighted by atomic mass is 9.96. The van der Waals surface area contributed by atoms with E-state index in [0.29, 0.717) is 23.9 Å².